The van der Waals surface area contributed by atoms with E-state index in [0.29, 0.717) is 13.1 Å². The summed E-state index contributed by atoms with van der Waals surface area (Å²) in [5.74, 6) is -0.334. The lowest BCUT2D eigenvalue weighted by Gasteiger charge is -2.22. The lowest BCUT2D eigenvalue weighted by atomic mass is 10.4. The Labute approximate surface area is 117 Å². The van der Waals surface area contributed by atoms with Crippen LogP contribution in [0.4, 0.5) is 0 Å². The zero-order valence-corrected chi connectivity index (χ0v) is 12.4. The van der Waals surface area contributed by atoms with E-state index < -0.39 is 0 Å². The number of nitrogens with zero attached hydrogens (tertiary/aromatic N) is 3. The molecule has 0 radical (unpaired) electrons. The van der Waals surface area contributed by atoms with Crippen LogP contribution in [0.1, 0.15) is 17.6 Å². The van der Waals surface area contributed by atoms with Crippen LogP contribution in [0.5, 0.6) is 0 Å². The molecule has 1 heterocycles. The predicted molar refractivity (Wildman–Crippen MR) is 75.8 cm³/mol. The normalized spacial score (nSPS) is 10.1. The van der Waals surface area contributed by atoms with Crippen molar-refractivity contribution >= 4 is 23.2 Å². The molecule has 104 valence electrons. The molecule has 0 aliphatic carbocycles. The molecule has 0 atom stereocenters. The van der Waals surface area contributed by atoms with E-state index >= 15 is 0 Å². The van der Waals surface area contributed by atoms with E-state index in [2.05, 4.69) is 11.6 Å². The van der Waals surface area contributed by atoms with Gasteiger partial charge in [0, 0.05) is 24.7 Å². The van der Waals surface area contributed by atoms with Gasteiger partial charge in [-0.2, -0.15) is 0 Å². The number of aromatic nitrogens is 1. The molecule has 6 heteroatoms. The van der Waals surface area contributed by atoms with Gasteiger partial charge in [-0.05, 0) is 19.9 Å². The van der Waals surface area contributed by atoms with Gasteiger partial charge >= 0.3 is 0 Å². The van der Waals surface area contributed by atoms with Crippen LogP contribution in [0.15, 0.2) is 18.0 Å². The highest BCUT2D eigenvalue weighted by molar-refractivity contribution is 7.09. The number of hydrogen-bond acceptors (Lipinski definition) is 4. The molecule has 0 aromatic carbocycles. The van der Waals surface area contributed by atoms with Crippen LogP contribution in [-0.4, -0.2) is 46.7 Å². The second kappa shape index (κ2) is 7.04. The molecule has 0 bridgehead atoms. The first-order chi connectivity index (χ1) is 8.97. The largest absolute Gasteiger partial charge is 0.337 e. The third-order valence-corrected chi connectivity index (χ3v) is 3.61. The van der Waals surface area contributed by atoms with Gasteiger partial charge in [-0.25, -0.2) is 4.98 Å². The fourth-order valence-electron chi connectivity index (χ4n) is 1.53. The average molecular weight is 281 g/mol. The van der Waals surface area contributed by atoms with Gasteiger partial charge in [-0.1, -0.05) is 6.58 Å². The summed E-state index contributed by atoms with van der Waals surface area (Å²) < 4.78 is 0. The monoisotopic (exact) mass is 281 g/mol. The van der Waals surface area contributed by atoms with Gasteiger partial charge in [0.2, 0.25) is 11.8 Å². The molecule has 0 N–H and O–H groups in total. The number of rotatable bonds is 6. The number of hydrogen-bond donors (Lipinski definition) is 0. The molecule has 1 rings (SSSR count). The molecule has 1 aromatic heterocycles. The van der Waals surface area contributed by atoms with Crippen LogP contribution in [0.2, 0.25) is 0 Å². The predicted octanol–water partition coefficient (Wildman–Crippen LogP) is 1.44. The summed E-state index contributed by atoms with van der Waals surface area (Å²) >= 11 is 1.53. The number of amides is 2. The highest BCUT2D eigenvalue weighted by atomic mass is 32.1. The van der Waals surface area contributed by atoms with Crippen LogP contribution >= 0.6 is 11.3 Å². The first-order valence-corrected chi connectivity index (χ1v) is 6.92. The molecule has 0 aliphatic heterocycles. The van der Waals surface area contributed by atoms with Crippen molar-refractivity contribution in [2.75, 3.05) is 20.1 Å². The molecule has 0 fully saturated rings. The second-order valence-corrected chi connectivity index (χ2v) is 5.13. The first kappa shape index (κ1) is 15.4. The molecule has 5 nitrogen and oxygen atoms in total. The van der Waals surface area contributed by atoms with Crippen molar-refractivity contribution in [2.45, 2.75) is 20.4 Å². The summed E-state index contributed by atoms with van der Waals surface area (Å²) in [6, 6.07) is 0. The summed E-state index contributed by atoms with van der Waals surface area (Å²) in [5, 5.41) is 2.85. The van der Waals surface area contributed by atoms with Crippen LogP contribution in [0.25, 0.3) is 0 Å². The van der Waals surface area contributed by atoms with Crippen molar-refractivity contribution in [3.05, 3.63) is 28.7 Å². The van der Waals surface area contributed by atoms with Crippen LogP contribution < -0.4 is 0 Å². The number of aryl methyl sites for hydroxylation is 1. The Morgan fingerprint density at radius 3 is 2.68 bits per heavy atom. The summed E-state index contributed by atoms with van der Waals surface area (Å²) in [6.07, 6.45) is 1.22. The maximum Gasteiger partial charge on any atom is 0.246 e. The minimum atomic E-state index is -0.227. The molecule has 0 saturated heterocycles. The van der Waals surface area contributed by atoms with Crippen molar-refractivity contribution < 1.29 is 9.59 Å². The summed E-state index contributed by atoms with van der Waals surface area (Å²) in [5.41, 5.74) is 0.956. The zero-order valence-electron chi connectivity index (χ0n) is 11.5. The van der Waals surface area contributed by atoms with Gasteiger partial charge in [0.05, 0.1) is 13.1 Å². The van der Waals surface area contributed by atoms with E-state index in [0.717, 1.165) is 10.7 Å². The second-order valence-electron chi connectivity index (χ2n) is 4.19. The number of thiazole rings is 1. The topological polar surface area (TPSA) is 53.5 Å². The lowest BCUT2D eigenvalue weighted by molar-refractivity contribution is -0.137. The standard InChI is InChI=1S/C13H19N3O2S/c1-5-12(17)16(6-2)8-13(18)15(4)7-11-14-10(3)9-19-11/h5,9H,1,6-8H2,2-4H3. The smallest absolute Gasteiger partial charge is 0.246 e. The fourth-order valence-corrected chi connectivity index (χ4v) is 2.35. The average Bonchev–Trinajstić information content (AvgIpc) is 2.79. The van der Waals surface area contributed by atoms with Crippen molar-refractivity contribution in [1.82, 2.24) is 14.8 Å². The van der Waals surface area contributed by atoms with Crippen molar-refractivity contribution in [3.8, 4) is 0 Å². The molecule has 0 saturated carbocycles. The van der Waals surface area contributed by atoms with Crippen molar-refractivity contribution in [3.63, 3.8) is 0 Å². The molecule has 1 aromatic rings. The maximum atomic E-state index is 12.0. The molecular formula is C13H19N3O2S. The zero-order chi connectivity index (χ0) is 14.4. The Balaban J connectivity index is 2.56. The van der Waals surface area contributed by atoms with Gasteiger partial charge in [0.25, 0.3) is 0 Å². The lowest BCUT2D eigenvalue weighted by Crippen LogP contribution is -2.40. The number of carbonyl (C=O) groups is 2. The number of likely N-dealkylation sites (N-methyl/N-ethyl adjacent to an activating group) is 2. The van der Waals surface area contributed by atoms with Gasteiger partial charge in [0.1, 0.15) is 5.01 Å². The van der Waals surface area contributed by atoms with E-state index in [1.54, 1.807) is 11.9 Å². The van der Waals surface area contributed by atoms with Gasteiger partial charge < -0.3 is 9.80 Å². The van der Waals surface area contributed by atoms with E-state index in [1.807, 2.05) is 19.2 Å². The third-order valence-electron chi connectivity index (χ3n) is 2.66. The summed E-state index contributed by atoms with van der Waals surface area (Å²) in [7, 11) is 1.71. The van der Waals surface area contributed by atoms with Gasteiger partial charge in [-0.3, -0.25) is 9.59 Å². The van der Waals surface area contributed by atoms with Gasteiger partial charge in [-0.15, -0.1) is 11.3 Å². The Bertz CT molecular complexity index is 470. The van der Waals surface area contributed by atoms with Crippen LogP contribution in [0, 0.1) is 6.92 Å². The Kier molecular flexibility index (Phi) is 5.69. The summed E-state index contributed by atoms with van der Waals surface area (Å²) in [6.45, 7) is 8.21. The highest BCUT2D eigenvalue weighted by Gasteiger charge is 2.17. The van der Waals surface area contributed by atoms with Gasteiger partial charge in [0.15, 0.2) is 0 Å². The van der Waals surface area contributed by atoms with Crippen LogP contribution in [0.3, 0.4) is 0 Å². The molecule has 0 spiro atoms. The number of carbonyl (C=O) groups excluding carboxylic acids is 2. The fraction of sp³-hybridized carbons (Fsp3) is 0.462. The minimum Gasteiger partial charge on any atom is -0.337 e. The molecule has 0 unspecified atom stereocenters. The Morgan fingerprint density at radius 2 is 2.21 bits per heavy atom. The maximum absolute atomic E-state index is 12.0. The quantitative estimate of drug-likeness (QED) is 0.742. The SMILES string of the molecule is C=CC(=O)N(CC)CC(=O)N(C)Cc1nc(C)cs1. The van der Waals surface area contributed by atoms with E-state index in [4.69, 9.17) is 0 Å². The highest BCUT2D eigenvalue weighted by Crippen LogP contribution is 2.11. The third kappa shape index (κ3) is 4.48. The van der Waals surface area contributed by atoms with Crippen LogP contribution in [-0.2, 0) is 16.1 Å². The Morgan fingerprint density at radius 1 is 1.53 bits per heavy atom. The molecular weight excluding hydrogens is 262 g/mol. The van der Waals surface area contributed by atoms with E-state index in [9.17, 15) is 9.59 Å². The van der Waals surface area contributed by atoms with Crippen molar-refractivity contribution in [1.29, 1.82) is 0 Å². The van der Waals surface area contributed by atoms with E-state index in [1.165, 1.54) is 22.3 Å². The molecule has 19 heavy (non-hydrogen) atoms. The Hall–Kier alpha value is -1.69. The van der Waals surface area contributed by atoms with E-state index in [-0.39, 0.29) is 18.4 Å². The first-order valence-electron chi connectivity index (χ1n) is 6.04. The molecule has 2 amide bonds. The molecule has 0 aliphatic rings. The summed E-state index contributed by atoms with van der Waals surface area (Å²) in [4.78, 5) is 30.9. The minimum absolute atomic E-state index is 0.0716. The van der Waals surface area contributed by atoms with Crippen molar-refractivity contribution in [2.24, 2.45) is 0 Å².